The van der Waals surface area contributed by atoms with Crippen LogP contribution in [0.1, 0.15) is 8.35 Å². The predicted molar refractivity (Wildman–Crippen MR) is 16.5 cm³/mol. The monoisotopic (exact) mass is 66.1 g/mol. The molecule has 0 saturated carbocycles. The van der Waals surface area contributed by atoms with Crippen molar-refractivity contribution in [1.82, 2.24) is 0 Å². The van der Waals surface area contributed by atoms with E-state index < -0.39 is 0 Å². The Morgan fingerprint density at radius 3 is 2.20 bits per heavy atom. The Hall–Kier alpha value is 0.557. The van der Waals surface area contributed by atoms with Crippen molar-refractivity contribution in [3.63, 3.8) is 0 Å². The number of ether oxygens (including phenoxy) is 1. The van der Waals surface area contributed by atoms with Crippen molar-refractivity contribution in [1.29, 1.82) is 0 Å². The van der Waals surface area contributed by atoms with E-state index in [0.29, 0.717) is 6.10 Å². The van der Waals surface area contributed by atoms with Gasteiger partial charge in [0.05, 0.1) is 12.7 Å². The van der Waals surface area contributed by atoms with Gasteiger partial charge in [-0.15, -0.1) is 0 Å². The molecule has 0 spiro atoms. The summed E-state index contributed by atoms with van der Waals surface area (Å²) in [6.45, 7) is 3.04. The SMILES string of the molecule is CC1CO1.[H-].[Li+]. The van der Waals surface area contributed by atoms with Crippen LogP contribution in [0.5, 0.6) is 0 Å². The minimum Gasteiger partial charge on any atom is -1.00 e. The Labute approximate surface area is 45.4 Å². The molecule has 0 aromatic heterocycles. The number of hydrogen-bond acceptors (Lipinski definition) is 1. The van der Waals surface area contributed by atoms with E-state index in [1.807, 2.05) is 0 Å². The van der Waals surface area contributed by atoms with Gasteiger partial charge in [0.1, 0.15) is 0 Å². The molecule has 1 rings (SSSR count). The van der Waals surface area contributed by atoms with Crippen molar-refractivity contribution in [3.8, 4) is 0 Å². The maximum absolute atomic E-state index is 4.71. The normalized spacial score (nSPS) is 31.8. The second-order valence-electron chi connectivity index (χ2n) is 1.14. The smallest absolute Gasteiger partial charge is 1.00 e. The summed E-state index contributed by atoms with van der Waals surface area (Å²) in [7, 11) is 0. The van der Waals surface area contributed by atoms with Crippen LogP contribution in [0.3, 0.4) is 0 Å². The van der Waals surface area contributed by atoms with Crippen LogP contribution in [-0.4, -0.2) is 12.7 Å². The van der Waals surface area contributed by atoms with Gasteiger partial charge in [-0.3, -0.25) is 0 Å². The fourth-order valence-corrected chi connectivity index (χ4v) is 0.0962. The average Bonchev–Trinajstić information content (AvgIpc) is 1.75. The van der Waals surface area contributed by atoms with Gasteiger partial charge in [-0.2, -0.15) is 0 Å². The summed E-state index contributed by atoms with van der Waals surface area (Å²) in [4.78, 5) is 0. The fourth-order valence-electron chi connectivity index (χ4n) is 0.0962. The van der Waals surface area contributed by atoms with Gasteiger partial charge in [-0.25, -0.2) is 0 Å². The van der Waals surface area contributed by atoms with E-state index in [2.05, 4.69) is 6.92 Å². The predicted octanol–water partition coefficient (Wildman–Crippen LogP) is -2.48. The van der Waals surface area contributed by atoms with Crippen LogP contribution in [0.4, 0.5) is 0 Å². The standard InChI is InChI=1S/C3H6O.Li.H/c1-3-2-4-3;;/h3H,2H2,1H3;;/q;+1;-1. The molecule has 1 aliphatic rings. The Morgan fingerprint density at radius 1 is 2.00 bits per heavy atom. The van der Waals surface area contributed by atoms with Gasteiger partial charge < -0.3 is 6.16 Å². The Balaban J connectivity index is 0. The van der Waals surface area contributed by atoms with Gasteiger partial charge >= 0.3 is 18.9 Å². The van der Waals surface area contributed by atoms with Crippen LogP contribution in [0.25, 0.3) is 0 Å². The molecular formula is C3H7LiO. The third kappa shape index (κ3) is 2.36. The second-order valence-corrected chi connectivity index (χ2v) is 1.14. The molecule has 0 aromatic carbocycles. The molecule has 0 N–H and O–H groups in total. The molecule has 1 saturated heterocycles. The summed E-state index contributed by atoms with van der Waals surface area (Å²) in [5.74, 6) is 0. The third-order valence-electron chi connectivity index (χ3n) is 0.500. The molecule has 1 heterocycles. The summed E-state index contributed by atoms with van der Waals surface area (Å²) in [5, 5.41) is 0. The van der Waals surface area contributed by atoms with E-state index in [1.165, 1.54) is 0 Å². The summed E-state index contributed by atoms with van der Waals surface area (Å²) in [6.07, 6.45) is 0.583. The van der Waals surface area contributed by atoms with E-state index in [9.17, 15) is 0 Å². The quantitative estimate of drug-likeness (QED) is 0.225. The molecule has 0 amide bonds. The maximum atomic E-state index is 4.71. The molecule has 0 aromatic rings. The Bertz CT molecular complexity index is 30.0. The first-order valence-corrected chi connectivity index (χ1v) is 1.51. The van der Waals surface area contributed by atoms with Crippen molar-refractivity contribution in [2.24, 2.45) is 0 Å². The zero-order valence-corrected chi connectivity index (χ0v) is 3.69. The van der Waals surface area contributed by atoms with Crippen molar-refractivity contribution >= 4 is 0 Å². The molecule has 1 fully saturated rings. The van der Waals surface area contributed by atoms with Crippen LogP contribution in [0, 0.1) is 0 Å². The summed E-state index contributed by atoms with van der Waals surface area (Å²) >= 11 is 0. The number of epoxide rings is 1. The zero-order chi connectivity index (χ0) is 2.99. The largest absolute Gasteiger partial charge is 1.00 e. The molecule has 1 nitrogen and oxygen atoms in total. The summed E-state index contributed by atoms with van der Waals surface area (Å²) < 4.78 is 4.71. The average molecular weight is 66.0 g/mol. The maximum Gasteiger partial charge on any atom is 1.00 e. The zero-order valence-electron chi connectivity index (χ0n) is 4.69. The van der Waals surface area contributed by atoms with Gasteiger partial charge in [0, 0.05) is 0 Å². The Kier molecular flexibility index (Phi) is 2.08. The minimum absolute atomic E-state index is 0. The van der Waals surface area contributed by atoms with Gasteiger partial charge in [0.15, 0.2) is 0 Å². The van der Waals surface area contributed by atoms with E-state index in [-0.39, 0.29) is 20.3 Å². The molecule has 0 aliphatic carbocycles. The van der Waals surface area contributed by atoms with Crippen molar-refractivity contribution in [2.75, 3.05) is 6.61 Å². The Morgan fingerprint density at radius 2 is 2.20 bits per heavy atom. The molecule has 26 valence electrons. The third-order valence-corrected chi connectivity index (χ3v) is 0.500. The number of rotatable bonds is 0. The van der Waals surface area contributed by atoms with Crippen LogP contribution in [0.15, 0.2) is 0 Å². The summed E-state index contributed by atoms with van der Waals surface area (Å²) in [5.41, 5.74) is 0. The minimum atomic E-state index is 0. The first kappa shape index (κ1) is 5.56. The molecule has 1 unspecified atom stereocenters. The van der Waals surface area contributed by atoms with Crippen LogP contribution in [-0.2, 0) is 4.74 Å². The van der Waals surface area contributed by atoms with Gasteiger partial charge in [-0.05, 0) is 6.92 Å². The van der Waals surface area contributed by atoms with Crippen molar-refractivity contribution in [3.05, 3.63) is 0 Å². The fraction of sp³-hybridized carbons (Fsp3) is 1.00. The molecule has 1 aliphatic heterocycles. The van der Waals surface area contributed by atoms with Crippen LogP contribution < -0.4 is 18.9 Å². The molecule has 0 bridgehead atoms. The van der Waals surface area contributed by atoms with Crippen molar-refractivity contribution in [2.45, 2.75) is 13.0 Å². The van der Waals surface area contributed by atoms with E-state index in [1.54, 1.807) is 0 Å². The van der Waals surface area contributed by atoms with E-state index in [4.69, 9.17) is 4.74 Å². The molecule has 1 atom stereocenters. The molecule has 2 heteroatoms. The molecule has 0 radical (unpaired) electrons. The second kappa shape index (κ2) is 1.87. The van der Waals surface area contributed by atoms with E-state index in [0.717, 1.165) is 6.61 Å². The molecular weight excluding hydrogens is 59.0 g/mol. The van der Waals surface area contributed by atoms with Gasteiger partial charge in [0.25, 0.3) is 0 Å². The first-order valence-electron chi connectivity index (χ1n) is 1.51. The number of hydrogen-bond donors (Lipinski definition) is 0. The van der Waals surface area contributed by atoms with Crippen LogP contribution in [0.2, 0.25) is 0 Å². The molecule has 5 heavy (non-hydrogen) atoms. The first-order chi connectivity index (χ1) is 1.89. The van der Waals surface area contributed by atoms with E-state index >= 15 is 0 Å². The van der Waals surface area contributed by atoms with Crippen molar-refractivity contribution < 1.29 is 25.0 Å². The topological polar surface area (TPSA) is 12.5 Å². The van der Waals surface area contributed by atoms with Crippen LogP contribution >= 0.6 is 0 Å². The van der Waals surface area contributed by atoms with Gasteiger partial charge in [0.2, 0.25) is 0 Å². The van der Waals surface area contributed by atoms with Gasteiger partial charge in [-0.1, -0.05) is 0 Å². The summed E-state index contributed by atoms with van der Waals surface area (Å²) in [6, 6.07) is 0.